The number of anilines is 1. The summed E-state index contributed by atoms with van der Waals surface area (Å²) < 4.78 is 6.34. The van der Waals surface area contributed by atoms with Crippen molar-refractivity contribution in [2.24, 2.45) is 0 Å². The fourth-order valence-electron chi connectivity index (χ4n) is 3.97. The molecule has 0 unspecified atom stereocenters. The van der Waals surface area contributed by atoms with Crippen LogP contribution >= 0.6 is 0 Å². The van der Waals surface area contributed by atoms with E-state index in [2.05, 4.69) is 50.3 Å². The van der Waals surface area contributed by atoms with E-state index in [0.717, 1.165) is 43.4 Å². The van der Waals surface area contributed by atoms with Crippen molar-refractivity contribution in [3.63, 3.8) is 0 Å². The minimum Gasteiger partial charge on any atom is -0.468 e. The lowest BCUT2D eigenvalue weighted by Gasteiger charge is -2.37. The standard InChI is InChI=1S/C21H25N5O2/c1-28-19(27)14-26-21-18(13-24-26)20(22-15-23-21)25-12-6-5-9-17(25)11-10-16-7-3-2-4-8-16/h2-4,7-8,13,15,17H,5-6,9-12,14H2,1H3/t17-/m0/s1. The number of aryl methyl sites for hydroxylation is 1. The lowest BCUT2D eigenvalue weighted by atomic mass is 9.95. The van der Waals surface area contributed by atoms with Crippen molar-refractivity contribution in [2.75, 3.05) is 18.6 Å². The second-order valence-electron chi connectivity index (χ2n) is 7.18. The van der Waals surface area contributed by atoms with Gasteiger partial charge in [0.05, 0.1) is 18.7 Å². The predicted octanol–water partition coefficient (Wildman–Crippen LogP) is 2.99. The highest BCUT2D eigenvalue weighted by Crippen LogP contribution is 2.30. The number of carbonyl (C=O) groups excluding carboxylic acids is 1. The average molecular weight is 379 g/mol. The van der Waals surface area contributed by atoms with E-state index >= 15 is 0 Å². The molecule has 0 aliphatic carbocycles. The molecule has 3 heterocycles. The summed E-state index contributed by atoms with van der Waals surface area (Å²) in [6.07, 6.45) is 9.03. The second kappa shape index (κ2) is 8.37. The first kappa shape index (κ1) is 18.4. The van der Waals surface area contributed by atoms with Crippen LogP contribution in [0.1, 0.15) is 31.2 Å². The fourth-order valence-corrected chi connectivity index (χ4v) is 3.97. The summed E-state index contributed by atoms with van der Waals surface area (Å²) in [6, 6.07) is 11.1. The van der Waals surface area contributed by atoms with Crippen LogP contribution in [-0.2, 0) is 22.5 Å². The summed E-state index contributed by atoms with van der Waals surface area (Å²) in [5, 5.41) is 5.23. The number of carbonyl (C=O) groups is 1. The molecular weight excluding hydrogens is 354 g/mol. The molecule has 1 saturated heterocycles. The van der Waals surface area contributed by atoms with E-state index in [0.29, 0.717) is 11.7 Å². The van der Waals surface area contributed by atoms with Crippen molar-refractivity contribution >= 4 is 22.8 Å². The summed E-state index contributed by atoms with van der Waals surface area (Å²) in [5.74, 6) is 0.572. The van der Waals surface area contributed by atoms with Crippen LogP contribution in [0.5, 0.6) is 0 Å². The van der Waals surface area contributed by atoms with E-state index in [4.69, 9.17) is 4.74 Å². The molecule has 0 spiro atoms. The van der Waals surface area contributed by atoms with Gasteiger partial charge in [-0.2, -0.15) is 5.10 Å². The third-order valence-corrected chi connectivity index (χ3v) is 5.43. The monoisotopic (exact) mass is 379 g/mol. The van der Waals surface area contributed by atoms with Gasteiger partial charge in [-0.3, -0.25) is 4.79 Å². The van der Waals surface area contributed by atoms with E-state index in [1.54, 1.807) is 17.2 Å². The molecule has 146 valence electrons. The number of esters is 1. The van der Waals surface area contributed by atoms with Crippen molar-refractivity contribution in [3.8, 4) is 0 Å². The Morgan fingerprint density at radius 3 is 2.89 bits per heavy atom. The highest BCUT2D eigenvalue weighted by molar-refractivity contribution is 5.87. The molecule has 1 aliphatic rings. The fraction of sp³-hybridized carbons (Fsp3) is 0.429. The van der Waals surface area contributed by atoms with E-state index < -0.39 is 0 Å². The number of rotatable bonds is 6. The Labute approximate surface area is 164 Å². The highest BCUT2D eigenvalue weighted by Gasteiger charge is 2.26. The Bertz CT molecular complexity index is 940. The van der Waals surface area contributed by atoms with Crippen LogP contribution in [0.4, 0.5) is 5.82 Å². The van der Waals surface area contributed by atoms with Gasteiger partial charge < -0.3 is 9.64 Å². The zero-order chi connectivity index (χ0) is 19.3. The number of nitrogens with zero attached hydrogens (tertiary/aromatic N) is 5. The van der Waals surface area contributed by atoms with Crippen LogP contribution in [0.2, 0.25) is 0 Å². The Morgan fingerprint density at radius 1 is 1.21 bits per heavy atom. The number of ether oxygens (including phenoxy) is 1. The molecule has 0 radical (unpaired) electrons. The molecule has 3 aromatic rings. The van der Waals surface area contributed by atoms with E-state index in [-0.39, 0.29) is 12.5 Å². The number of hydrogen-bond donors (Lipinski definition) is 0. The van der Waals surface area contributed by atoms with Crippen LogP contribution < -0.4 is 4.90 Å². The van der Waals surface area contributed by atoms with Gasteiger partial charge in [0, 0.05) is 12.6 Å². The number of piperidine rings is 1. The van der Waals surface area contributed by atoms with Gasteiger partial charge in [0.2, 0.25) is 0 Å². The molecule has 1 atom stereocenters. The van der Waals surface area contributed by atoms with Gasteiger partial charge in [-0.15, -0.1) is 0 Å². The molecule has 1 aromatic carbocycles. The Balaban J connectivity index is 1.58. The van der Waals surface area contributed by atoms with Gasteiger partial charge in [0.25, 0.3) is 0 Å². The van der Waals surface area contributed by atoms with Crippen LogP contribution in [0, 0.1) is 0 Å². The molecule has 28 heavy (non-hydrogen) atoms. The van der Waals surface area contributed by atoms with Crippen LogP contribution in [-0.4, -0.2) is 45.4 Å². The van der Waals surface area contributed by atoms with Crippen LogP contribution in [0.3, 0.4) is 0 Å². The molecule has 0 N–H and O–H groups in total. The molecule has 0 saturated carbocycles. The topological polar surface area (TPSA) is 73.1 Å². The zero-order valence-electron chi connectivity index (χ0n) is 16.1. The molecule has 4 rings (SSSR count). The number of methoxy groups -OCH3 is 1. The van der Waals surface area contributed by atoms with Gasteiger partial charge in [0.1, 0.15) is 18.7 Å². The van der Waals surface area contributed by atoms with Gasteiger partial charge >= 0.3 is 5.97 Å². The summed E-state index contributed by atoms with van der Waals surface area (Å²) >= 11 is 0. The Hall–Kier alpha value is -2.96. The normalized spacial score (nSPS) is 17.0. The number of aromatic nitrogens is 4. The van der Waals surface area contributed by atoms with Crippen molar-refractivity contribution in [3.05, 3.63) is 48.4 Å². The number of fused-ring (bicyclic) bond motifs is 1. The van der Waals surface area contributed by atoms with Crippen molar-refractivity contribution in [1.29, 1.82) is 0 Å². The average Bonchev–Trinajstić information content (AvgIpc) is 3.16. The lowest BCUT2D eigenvalue weighted by molar-refractivity contribution is -0.141. The van der Waals surface area contributed by atoms with Gasteiger partial charge in [-0.05, 0) is 37.7 Å². The molecule has 0 amide bonds. The third kappa shape index (κ3) is 3.83. The summed E-state index contributed by atoms with van der Waals surface area (Å²) in [7, 11) is 1.37. The maximum Gasteiger partial charge on any atom is 0.327 e. The van der Waals surface area contributed by atoms with Crippen molar-refractivity contribution in [1.82, 2.24) is 19.7 Å². The minimum absolute atomic E-state index is 0.0495. The maximum atomic E-state index is 11.6. The molecule has 1 fully saturated rings. The zero-order valence-corrected chi connectivity index (χ0v) is 16.1. The third-order valence-electron chi connectivity index (χ3n) is 5.43. The lowest BCUT2D eigenvalue weighted by Crippen LogP contribution is -2.40. The number of benzene rings is 1. The highest BCUT2D eigenvalue weighted by atomic mass is 16.5. The van der Waals surface area contributed by atoms with Crippen molar-refractivity contribution in [2.45, 2.75) is 44.7 Å². The molecule has 1 aliphatic heterocycles. The molecule has 7 nitrogen and oxygen atoms in total. The Kier molecular flexibility index (Phi) is 5.50. The largest absolute Gasteiger partial charge is 0.468 e. The smallest absolute Gasteiger partial charge is 0.327 e. The first-order chi connectivity index (χ1) is 13.8. The van der Waals surface area contributed by atoms with Crippen LogP contribution in [0.15, 0.2) is 42.9 Å². The quantitative estimate of drug-likeness (QED) is 0.613. The molecular formula is C21H25N5O2. The van der Waals surface area contributed by atoms with Gasteiger partial charge in [-0.25, -0.2) is 14.6 Å². The Morgan fingerprint density at radius 2 is 2.07 bits per heavy atom. The SMILES string of the molecule is COC(=O)Cn1ncc2c(N3CCCC[C@H]3CCc3ccccc3)ncnc21. The van der Waals surface area contributed by atoms with E-state index in [1.165, 1.54) is 19.1 Å². The molecule has 0 bridgehead atoms. The summed E-state index contributed by atoms with van der Waals surface area (Å²) in [5.41, 5.74) is 2.04. The number of hydrogen-bond acceptors (Lipinski definition) is 6. The first-order valence-electron chi connectivity index (χ1n) is 9.80. The van der Waals surface area contributed by atoms with E-state index in [9.17, 15) is 4.79 Å². The van der Waals surface area contributed by atoms with Gasteiger partial charge in [-0.1, -0.05) is 30.3 Å². The summed E-state index contributed by atoms with van der Waals surface area (Å²) in [6.45, 7) is 1.03. The van der Waals surface area contributed by atoms with Gasteiger partial charge in [0.15, 0.2) is 5.65 Å². The predicted molar refractivity (Wildman–Crippen MR) is 107 cm³/mol. The second-order valence-corrected chi connectivity index (χ2v) is 7.18. The minimum atomic E-state index is -0.344. The maximum absolute atomic E-state index is 11.6. The molecule has 2 aromatic heterocycles. The molecule has 7 heteroatoms. The van der Waals surface area contributed by atoms with E-state index in [1.807, 2.05) is 0 Å². The van der Waals surface area contributed by atoms with Crippen molar-refractivity contribution < 1.29 is 9.53 Å². The van der Waals surface area contributed by atoms with Crippen LogP contribution in [0.25, 0.3) is 11.0 Å². The summed E-state index contributed by atoms with van der Waals surface area (Å²) in [4.78, 5) is 23.0. The first-order valence-corrected chi connectivity index (χ1v) is 9.80.